The summed E-state index contributed by atoms with van der Waals surface area (Å²) < 4.78 is 26.6. The van der Waals surface area contributed by atoms with Crippen LogP contribution in [0.1, 0.15) is 0 Å². The van der Waals surface area contributed by atoms with Crippen LogP contribution in [0.25, 0.3) is 11.0 Å². The molecule has 0 radical (unpaired) electrons. The molecule has 0 aliphatic heterocycles. The second kappa shape index (κ2) is 7.07. The van der Waals surface area contributed by atoms with Crippen LogP contribution < -0.4 is 16.2 Å². The summed E-state index contributed by atoms with van der Waals surface area (Å²) >= 11 is 0.261. The van der Waals surface area contributed by atoms with E-state index in [1.54, 1.807) is 24.3 Å². The zero-order chi connectivity index (χ0) is 16.1. The Bertz CT molecular complexity index is 691. The van der Waals surface area contributed by atoms with Gasteiger partial charge in [0.15, 0.2) is 5.16 Å². The van der Waals surface area contributed by atoms with Gasteiger partial charge in [0, 0.05) is 7.05 Å². The van der Waals surface area contributed by atoms with Crippen LogP contribution in [-0.2, 0) is 11.3 Å². The highest BCUT2D eigenvalue weighted by Crippen LogP contribution is 2.28. The number of carbonyl (C=O) groups excluding carboxylic acids is 2. The Kier molecular flexibility index (Phi) is 5.15. The maximum atomic E-state index is 12.6. The molecule has 0 saturated heterocycles. The highest BCUT2D eigenvalue weighted by Gasteiger charge is 2.17. The second-order valence-electron chi connectivity index (χ2n) is 4.10. The summed E-state index contributed by atoms with van der Waals surface area (Å²) in [5.41, 5.74) is 5.35. The number of alkyl halides is 2. The predicted molar refractivity (Wildman–Crippen MR) is 77.3 cm³/mol. The van der Waals surface area contributed by atoms with Crippen LogP contribution in [0, 0.1) is 0 Å². The van der Waals surface area contributed by atoms with Crippen molar-refractivity contribution in [3.63, 3.8) is 0 Å². The number of halogens is 2. The van der Waals surface area contributed by atoms with Crippen molar-refractivity contribution in [2.45, 2.75) is 17.5 Å². The fourth-order valence-corrected chi connectivity index (χ4v) is 2.35. The fraction of sp³-hybridized carbons (Fsp3) is 0.250. The van der Waals surface area contributed by atoms with Gasteiger partial charge in [-0.3, -0.25) is 10.2 Å². The summed E-state index contributed by atoms with van der Waals surface area (Å²) in [5.74, 6) is -3.22. The smallest absolute Gasteiger partial charge is 0.333 e. The van der Waals surface area contributed by atoms with E-state index in [0.717, 1.165) is 0 Å². The van der Waals surface area contributed by atoms with E-state index in [9.17, 15) is 18.4 Å². The van der Waals surface area contributed by atoms with Crippen molar-refractivity contribution in [3.05, 3.63) is 24.3 Å². The van der Waals surface area contributed by atoms with E-state index in [0.29, 0.717) is 11.0 Å². The second-order valence-corrected chi connectivity index (χ2v) is 5.06. The summed E-state index contributed by atoms with van der Waals surface area (Å²) in [6.45, 7) is -0.250. The van der Waals surface area contributed by atoms with Crippen LogP contribution >= 0.6 is 11.8 Å². The van der Waals surface area contributed by atoms with Gasteiger partial charge in [0.2, 0.25) is 0 Å². The van der Waals surface area contributed by atoms with Gasteiger partial charge >= 0.3 is 6.03 Å². The summed E-state index contributed by atoms with van der Waals surface area (Å²) in [6.07, 6.45) is 0. The Labute approximate surface area is 128 Å². The lowest BCUT2D eigenvalue weighted by Crippen LogP contribution is -2.46. The van der Waals surface area contributed by atoms with Crippen molar-refractivity contribution < 1.29 is 18.4 Å². The topological polar surface area (TPSA) is 88.0 Å². The quantitative estimate of drug-likeness (QED) is 0.583. The SMILES string of the molecule is CNC(=O)NNC(=O)Cn1c(SC(F)F)nc2ccccc21. The van der Waals surface area contributed by atoms with Crippen molar-refractivity contribution in [3.8, 4) is 0 Å². The number of thioether (sulfide) groups is 1. The Balaban J connectivity index is 2.20. The number of hydrogen-bond acceptors (Lipinski definition) is 4. The maximum Gasteiger partial charge on any atom is 0.333 e. The molecule has 0 unspecified atom stereocenters. The molecule has 1 aromatic carbocycles. The number of carbonyl (C=O) groups is 2. The monoisotopic (exact) mass is 329 g/mol. The third-order valence-electron chi connectivity index (χ3n) is 2.66. The normalized spacial score (nSPS) is 10.7. The van der Waals surface area contributed by atoms with Crippen molar-refractivity contribution in [2.24, 2.45) is 0 Å². The third kappa shape index (κ3) is 3.85. The first-order valence-electron chi connectivity index (χ1n) is 6.18. The first-order chi connectivity index (χ1) is 10.5. The maximum absolute atomic E-state index is 12.6. The highest BCUT2D eigenvalue weighted by molar-refractivity contribution is 7.99. The number of benzene rings is 1. The van der Waals surface area contributed by atoms with Crippen LogP contribution in [0.15, 0.2) is 29.4 Å². The molecule has 0 fully saturated rings. The minimum absolute atomic E-state index is 0.0336. The summed E-state index contributed by atoms with van der Waals surface area (Å²) in [6, 6.07) is 6.20. The molecule has 1 aromatic heterocycles. The Morgan fingerprint density at radius 3 is 2.73 bits per heavy atom. The minimum atomic E-state index is -2.65. The Hall–Kier alpha value is -2.36. The standard InChI is InChI=1S/C12H13F2N5O2S/c1-15-11(21)18-17-9(20)6-19-8-5-3-2-4-7(8)16-12(19)22-10(13)14/h2-5,10H,6H2,1H3,(H,17,20)(H2,15,18,21). The zero-order valence-corrected chi connectivity index (χ0v) is 12.3. The van der Waals surface area contributed by atoms with Gasteiger partial charge in [0.25, 0.3) is 11.7 Å². The molecule has 0 saturated carbocycles. The predicted octanol–water partition coefficient (Wildman–Crippen LogP) is 1.31. The Morgan fingerprint density at radius 1 is 1.32 bits per heavy atom. The number of aromatic nitrogens is 2. The molecule has 0 aliphatic carbocycles. The number of nitrogens with one attached hydrogen (secondary N) is 3. The lowest BCUT2D eigenvalue weighted by molar-refractivity contribution is -0.122. The van der Waals surface area contributed by atoms with Crippen molar-refractivity contribution in [2.75, 3.05) is 7.05 Å². The van der Waals surface area contributed by atoms with Crippen molar-refractivity contribution in [1.82, 2.24) is 25.7 Å². The Morgan fingerprint density at radius 2 is 2.05 bits per heavy atom. The molecule has 3 N–H and O–H groups in total. The molecule has 22 heavy (non-hydrogen) atoms. The van der Waals surface area contributed by atoms with Gasteiger partial charge in [0.05, 0.1) is 11.0 Å². The third-order valence-corrected chi connectivity index (χ3v) is 3.36. The van der Waals surface area contributed by atoms with Crippen LogP contribution in [0.3, 0.4) is 0 Å². The van der Waals surface area contributed by atoms with Crippen molar-refractivity contribution >= 4 is 34.7 Å². The molecule has 1 heterocycles. The number of rotatable bonds is 4. The number of urea groups is 1. The van der Waals surface area contributed by atoms with Gasteiger partial charge < -0.3 is 9.88 Å². The zero-order valence-electron chi connectivity index (χ0n) is 11.5. The molecule has 118 valence electrons. The van der Waals surface area contributed by atoms with Crippen LogP contribution in [0.5, 0.6) is 0 Å². The van der Waals surface area contributed by atoms with E-state index in [2.05, 4.69) is 21.2 Å². The van der Waals surface area contributed by atoms with E-state index < -0.39 is 17.7 Å². The van der Waals surface area contributed by atoms with E-state index >= 15 is 0 Å². The lowest BCUT2D eigenvalue weighted by atomic mass is 10.3. The van der Waals surface area contributed by atoms with Crippen molar-refractivity contribution in [1.29, 1.82) is 0 Å². The molecule has 10 heteroatoms. The summed E-state index contributed by atoms with van der Waals surface area (Å²) in [5, 5.41) is 2.29. The number of nitrogens with zero attached hydrogens (tertiary/aromatic N) is 2. The average Bonchev–Trinajstić information content (AvgIpc) is 2.82. The van der Waals surface area contributed by atoms with Gasteiger partial charge in [-0.15, -0.1) is 0 Å². The summed E-state index contributed by atoms with van der Waals surface area (Å²) in [7, 11) is 1.39. The molecule has 0 spiro atoms. The molecular weight excluding hydrogens is 316 g/mol. The molecule has 2 rings (SSSR count). The van der Waals surface area contributed by atoms with Gasteiger partial charge in [-0.2, -0.15) is 8.78 Å². The van der Waals surface area contributed by atoms with Gasteiger partial charge in [-0.25, -0.2) is 15.2 Å². The van der Waals surface area contributed by atoms with Gasteiger partial charge in [0.1, 0.15) is 6.54 Å². The fourth-order valence-electron chi connectivity index (χ4n) is 1.75. The molecular formula is C12H13F2N5O2S. The number of imidazole rings is 1. The first kappa shape index (κ1) is 16.0. The van der Waals surface area contributed by atoms with Gasteiger partial charge in [-0.05, 0) is 23.9 Å². The number of hydrogen-bond donors (Lipinski definition) is 3. The van der Waals surface area contributed by atoms with E-state index in [-0.39, 0.29) is 23.5 Å². The van der Waals surface area contributed by atoms with Crippen LogP contribution in [-0.4, -0.2) is 34.3 Å². The van der Waals surface area contributed by atoms with Gasteiger partial charge in [-0.1, -0.05) is 12.1 Å². The van der Waals surface area contributed by atoms with E-state index in [1.807, 2.05) is 0 Å². The molecule has 0 bridgehead atoms. The number of fused-ring (bicyclic) bond motifs is 1. The number of hydrazine groups is 1. The van der Waals surface area contributed by atoms with E-state index in [4.69, 9.17) is 0 Å². The average molecular weight is 329 g/mol. The lowest BCUT2D eigenvalue weighted by Gasteiger charge is -2.10. The molecule has 0 atom stereocenters. The number of amides is 3. The molecule has 0 aliphatic rings. The first-order valence-corrected chi connectivity index (χ1v) is 7.06. The minimum Gasteiger partial charge on any atom is -0.340 e. The summed E-state index contributed by atoms with van der Waals surface area (Å²) in [4.78, 5) is 26.9. The molecule has 7 nitrogen and oxygen atoms in total. The number of para-hydroxylation sites is 2. The molecule has 2 aromatic rings. The van der Waals surface area contributed by atoms with E-state index in [1.165, 1.54) is 11.6 Å². The van der Waals surface area contributed by atoms with Crippen LogP contribution in [0.2, 0.25) is 0 Å². The molecule has 3 amide bonds. The largest absolute Gasteiger partial charge is 0.340 e. The van der Waals surface area contributed by atoms with Crippen LogP contribution in [0.4, 0.5) is 13.6 Å². The highest BCUT2D eigenvalue weighted by atomic mass is 32.2.